The van der Waals surface area contributed by atoms with E-state index in [0.717, 1.165) is 24.8 Å². The van der Waals surface area contributed by atoms with Crippen LogP contribution in [-0.4, -0.2) is 5.94 Å². The minimum Gasteiger partial charge on any atom is -0.234 e. The Balaban J connectivity index is 3.00. The molecule has 1 heteroatoms. The van der Waals surface area contributed by atoms with Gasteiger partial charge in [-0.25, -0.2) is 4.79 Å². The highest BCUT2D eigenvalue weighted by atomic mass is 16.1. The number of rotatable bonds is 3. The molecule has 0 aromatic carbocycles. The van der Waals surface area contributed by atoms with Gasteiger partial charge in [-0.1, -0.05) is 44.1 Å². The van der Waals surface area contributed by atoms with E-state index in [1.165, 1.54) is 11.1 Å². The average Bonchev–Trinajstić information content (AvgIpc) is 2.17. The van der Waals surface area contributed by atoms with Gasteiger partial charge in [0.2, 0.25) is 0 Å². The highest BCUT2D eigenvalue weighted by Crippen LogP contribution is 2.40. The Labute approximate surface area is 92.6 Å². The lowest BCUT2D eigenvalue weighted by atomic mass is 9.73. The molecular weight excluding hydrogens is 184 g/mol. The van der Waals surface area contributed by atoms with Gasteiger partial charge in [0.05, 0.1) is 0 Å². The number of allylic oxidation sites excluding steroid dienone is 5. The predicted molar refractivity (Wildman–Crippen MR) is 64.4 cm³/mol. The quantitative estimate of drug-likeness (QED) is 0.638. The van der Waals surface area contributed by atoms with Crippen molar-refractivity contribution in [1.82, 2.24) is 0 Å². The average molecular weight is 204 g/mol. The van der Waals surface area contributed by atoms with E-state index in [4.69, 9.17) is 0 Å². The third-order valence-corrected chi connectivity index (χ3v) is 3.25. The van der Waals surface area contributed by atoms with E-state index in [0.29, 0.717) is 0 Å². The fourth-order valence-corrected chi connectivity index (χ4v) is 2.11. The van der Waals surface area contributed by atoms with Crippen LogP contribution in [0.1, 0.15) is 47.0 Å². The summed E-state index contributed by atoms with van der Waals surface area (Å²) in [5, 5.41) is 0. The third kappa shape index (κ3) is 2.70. The van der Waals surface area contributed by atoms with Crippen molar-refractivity contribution in [2.75, 3.05) is 0 Å². The summed E-state index contributed by atoms with van der Waals surface area (Å²) in [5.74, 6) is 2.07. The molecule has 0 aliphatic heterocycles. The van der Waals surface area contributed by atoms with Crippen molar-refractivity contribution in [2.24, 2.45) is 5.41 Å². The minimum atomic E-state index is 0.191. The van der Waals surface area contributed by atoms with Gasteiger partial charge >= 0.3 is 0 Å². The second-order valence-electron chi connectivity index (χ2n) is 4.89. The van der Waals surface area contributed by atoms with Crippen molar-refractivity contribution in [3.8, 4) is 0 Å². The van der Waals surface area contributed by atoms with Crippen LogP contribution >= 0.6 is 0 Å². The van der Waals surface area contributed by atoms with Crippen LogP contribution in [0, 0.1) is 5.41 Å². The second-order valence-corrected chi connectivity index (χ2v) is 4.89. The van der Waals surface area contributed by atoms with Gasteiger partial charge in [0.15, 0.2) is 0 Å². The molecule has 0 N–H and O–H groups in total. The van der Waals surface area contributed by atoms with Gasteiger partial charge in [-0.2, -0.15) is 0 Å². The summed E-state index contributed by atoms with van der Waals surface area (Å²) < 4.78 is 0. The molecule has 0 heterocycles. The van der Waals surface area contributed by atoms with Gasteiger partial charge in [-0.05, 0) is 25.2 Å². The molecule has 15 heavy (non-hydrogen) atoms. The Morgan fingerprint density at radius 2 is 2.20 bits per heavy atom. The maximum Gasteiger partial charge on any atom is 0.123 e. The van der Waals surface area contributed by atoms with Crippen LogP contribution in [0.25, 0.3) is 0 Å². The molecule has 1 nitrogen and oxygen atoms in total. The predicted octanol–water partition coefficient (Wildman–Crippen LogP) is 3.85. The number of carbonyl (C=O) groups excluding carboxylic acids is 1. The summed E-state index contributed by atoms with van der Waals surface area (Å²) in [6.45, 7) is 8.63. The molecule has 1 rings (SSSR count). The van der Waals surface area contributed by atoms with E-state index in [1.54, 1.807) is 0 Å². The third-order valence-electron chi connectivity index (χ3n) is 3.25. The van der Waals surface area contributed by atoms with E-state index >= 15 is 0 Å². The van der Waals surface area contributed by atoms with Crippen LogP contribution in [-0.2, 0) is 4.79 Å². The molecule has 0 atom stereocenters. The van der Waals surface area contributed by atoms with E-state index in [2.05, 4.69) is 38.9 Å². The monoisotopic (exact) mass is 204 g/mol. The summed E-state index contributed by atoms with van der Waals surface area (Å²) in [7, 11) is 0. The summed E-state index contributed by atoms with van der Waals surface area (Å²) in [6, 6.07) is 0. The summed E-state index contributed by atoms with van der Waals surface area (Å²) in [4.78, 5) is 10.7. The first-order valence-corrected chi connectivity index (χ1v) is 5.61. The first-order chi connectivity index (χ1) is 7.01. The highest BCUT2D eigenvalue weighted by Gasteiger charge is 2.26. The van der Waals surface area contributed by atoms with Crippen molar-refractivity contribution < 1.29 is 4.79 Å². The van der Waals surface area contributed by atoms with E-state index in [-0.39, 0.29) is 5.41 Å². The minimum absolute atomic E-state index is 0.191. The van der Waals surface area contributed by atoms with Crippen molar-refractivity contribution in [3.05, 3.63) is 28.9 Å². The zero-order chi connectivity index (χ0) is 11.5. The van der Waals surface area contributed by atoms with Gasteiger partial charge in [-0.15, -0.1) is 0 Å². The fraction of sp³-hybridized carbons (Fsp3) is 0.571. The molecule has 0 radical (unpaired) electrons. The van der Waals surface area contributed by atoms with Crippen LogP contribution in [0.3, 0.4) is 0 Å². The summed E-state index contributed by atoms with van der Waals surface area (Å²) in [5.41, 5.74) is 3.78. The summed E-state index contributed by atoms with van der Waals surface area (Å²) >= 11 is 0. The van der Waals surface area contributed by atoms with Gasteiger partial charge in [0, 0.05) is 12.0 Å². The molecule has 82 valence electrons. The Bertz CT molecular complexity index is 350. The largest absolute Gasteiger partial charge is 0.234 e. The van der Waals surface area contributed by atoms with Crippen molar-refractivity contribution in [3.63, 3.8) is 0 Å². The molecule has 1 aliphatic rings. The molecule has 0 saturated heterocycles. The molecule has 0 fully saturated rings. The first-order valence-electron chi connectivity index (χ1n) is 5.61. The van der Waals surface area contributed by atoms with Crippen molar-refractivity contribution in [1.29, 1.82) is 0 Å². The Morgan fingerprint density at radius 3 is 2.67 bits per heavy atom. The molecular formula is C14H20O. The Kier molecular flexibility index (Phi) is 3.71. The standard InChI is InChI=1S/C14H20O/c1-5-12(10-15)9-13-11(2)7-6-8-14(13,3)4/h6-7H,5,8-9H2,1-4H3. The van der Waals surface area contributed by atoms with Gasteiger partial charge in [-0.3, -0.25) is 0 Å². The van der Waals surface area contributed by atoms with E-state index < -0.39 is 0 Å². The lowest BCUT2D eigenvalue weighted by Gasteiger charge is -2.31. The van der Waals surface area contributed by atoms with Crippen LogP contribution in [0.5, 0.6) is 0 Å². The summed E-state index contributed by atoms with van der Waals surface area (Å²) in [6.07, 6.45) is 7.05. The van der Waals surface area contributed by atoms with Gasteiger partial charge < -0.3 is 0 Å². The first kappa shape index (κ1) is 12.0. The lowest BCUT2D eigenvalue weighted by molar-refractivity contribution is 0.432. The smallest absolute Gasteiger partial charge is 0.123 e. The molecule has 0 amide bonds. The van der Waals surface area contributed by atoms with Crippen LogP contribution in [0.15, 0.2) is 28.9 Å². The SMILES string of the molecule is CCC(=C=O)CC1=C(C)C=CCC1(C)C. The molecule has 0 spiro atoms. The maximum atomic E-state index is 10.7. The van der Waals surface area contributed by atoms with Crippen LogP contribution in [0.4, 0.5) is 0 Å². The molecule has 0 unspecified atom stereocenters. The zero-order valence-electron chi connectivity index (χ0n) is 10.2. The van der Waals surface area contributed by atoms with E-state index in [1.807, 2.05) is 6.92 Å². The van der Waals surface area contributed by atoms with Crippen molar-refractivity contribution >= 4 is 5.94 Å². The molecule has 1 aliphatic carbocycles. The van der Waals surface area contributed by atoms with Crippen LogP contribution in [0.2, 0.25) is 0 Å². The molecule has 0 aromatic rings. The second kappa shape index (κ2) is 4.63. The molecule has 0 aromatic heterocycles. The Morgan fingerprint density at radius 1 is 1.53 bits per heavy atom. The molecule has 0 saturated carbocycles. The van der Waals surface area contributed by atoms with Crippen molar-refractivity contribution in [2.45, 2.75) is 47.0 Å². The lowest BCUT2D eigenvalue weighted by Crippen LogP contribution is -2.18. The number of hydrogen-bond acceptors (Lipinski definition) is 1. The van der Waals surface area contributed by atoms with Gasteiger partial charge in [0.1, 0.15) is 5.94 Å². The van der Waals surface area contributed by atoms with E-state index in [9.17, 15) is 4.79 Å². The highest BCUT2D eigenvalue weighted by molar-refractivity contribution is 5.54. The Hall–Kier alpha value is -1.07. The normalized spacial score (nSPS) is 18.9. The van der Waals surface area contributed by atoms with Crippen LogP contribution < -0.4 is 0 Å². The number of hydrogen-bond donors (Lipinski definition) is 0. The maximum absolute atomic E-state index is 10.7. The zero-order valence-corrected chi connectivity index (χ0v) is 10.2. The molecule has 0 bridgehead atoms. The van der Waals surface area contributed by atoms with Gasteiger partial charge in [0.25, 0.3) is 0 Å². The fourth-order valence-electron chi connectivity index (χ4n) is 2.11. The topological polar surface area (TPSA) is 17.1 Å².